The van der Waals surface area contributed by atoms with Gasteiger partial charge in [-0.15, -0.1) is 10.2 Å². The first kappa shape index (κ1) is 14.9. The first-order valence-electron chi connectivity index (χ1n) is 7.33. The Morgan fingerprint density at radius 1 is 1.36 bits per heavy atom. The van der Waals surface area contributed by atoms with Crippen molar-refractivity contribution in [3.63, 3.8) is 0 Å². The van der Waals surface area contributed by atoms with E-state index in [2.05, 4.69) is 50.0 Å². The second-order valence-corrected chi connectivity index (χ2v) is 6.61. The van der Waals surface area contributed by atoms with E-state index in [4.69, 9.17) is 0 Å². The van der Waals surface area contributed by atoms with E-state index in [-0.39, 0.29) is 12.1 Å². The van der Waals surface area contributed by atoms with Gasteiger partial charge in [0.05, 0.1) is 0 Å². The SMILES string of the molecule is Cc1nnc(NC(=O)N[C@H]2CCN(Cc3ccccc3)C2)s1. The highest BCUT2D eigenvalue weighted by Crippen LogP contribution is 2.15. The van der Waals surface area contributed by atoms with Gasteiger partial charge >= 0.3 is 6.03 Å². The van der Waals surface area contributed by atoms with Crippen LogP contribution in [0.2, 0.25) is 0 Å². The van der Waals surface area contributed by atoms with E-state index < -0.39 is 0 Å². The molecule has 0 unspecified atom stereocenters. The molecule has 0 bridgehead atoms. The number of benzene rings is 1. The van der Waals surface area contributed by atoms with Gasteiger partial charge in [-0.1, -0.05) is 41.7 Å². The minimum Gasteiger partial charge on any atom is -0.334 e. The monoisotopic (exact) mass is 317 g/mol. The predicted octanol–water partition coefficient (Wildman–Crippen LogP) is 2.24. The average Bonchev–Trinajstić information content (AvgIpc) is 3.09. The fourth-order valence-electron chi connectivity index (χ4n) is 2.60. The van der Waals surface area contributed by atoms with Crippen molar-refractivity contribution in [1.82, 2.24) is 20.4 Å². The zero-order valence-electron chi connectivity index (χ0n) is 12.5. The third-order valence-electron chi connectivity index (χ3n) is 3.60. The lowest BCUT2D eigenvalue weighted by atomic mass is 10.2. The lowest BCUT2D eigenvalue weighted by molar-refractivity contribution is 0.247. The van der Waals surface area contributed by atoms with E-state index in [1.54, 1.807) is 0 Å². The van der Waals surface area contributed by atoms with Gasteiger partial charge in [-0.3, -0.25) is 10.2 Å². The molecule has 6 nitrogen and oxygen atoms in total. The number of amides is 2. The number of carbonyl (C=O) groups excluding carboxylic acids is 1. The maximum atomic E-state index is 11.9. The van der Waals surface area contributed by atoms with Crippen molar-refractivity contribution in [2.75, 3.05) is 18.4 Å². The third-order valence-corrected chi connectivity index (χ3v) is 4.36. The largest absolute Gasteiger partial charge is 0.334 e. The van der Waals surface area contributed by atoms with Crippen molar-refractivity contribution in [1.29, 1.82) is 0 Å². The lowest BCUT2D eigenvalue weighted by Crippen LogP contribution is -2.39. The zero-order chi connectivity index (χ0) is 15.4. The molecule has 2 heterocycles. The zero-order valence-corrected chi connectivity index (χ0v) is 13.3. The Morgan fingerprint density at radius 2 is 2.18 bits per heavy atom. The summed E-state index contributed by atoms with van der Waals surface area (Å²) in [7, 11) is 0. The van der Waals surface area contributed by atoms with Gasteiger partial charge in [-0.05, 0) is 18.9 Å². The number of aromatic nitrogens is 2. The molecule has 1 fully saturated rings. The van der Waals surface area contributed by atoms with E-state index in [1.165, 1.54) is 16.9 Å². The van der Waals surface area contributed by atoms with Crippen LogP contribution < -0.4 is 10.6 Å². The summed E-state index contributed by atoms with van der Waals surface area (Å²) in [6.45, 7) is 4.66. The van der Waals surface area contributed by atoms with Crippen LogP contribution in [0.5, 0.6) is 0 Å². The van der Waals surface area contributed by atoms with Crippen molar-refractivity contribution in [3.05, 3.63) is 40.9 Å². The molecular formula is C15H19N5OS. The second-order valence-electron chi connectivity index (χ2n) is 5.43. The van der Waals surface area contributed by atoms with Crippen LogP contribution in [0.3, 0.4) is 0 Å². The molecule has 0 spiro atoms. The molecule has 22 heavy (non-hydrogen) atoms. The summed E-state index contributed by atoms with van der Waals surface area (Å²) in [6.07, 6.45) is 0.968. The van der Waals surface area contributed by atoms with Gasteiger partial charge in [0.25, 0.3) is 0 Å². The van der Waals surface area contributed by atoms with Crippen molar-refractivity contribution >= 4 is 22.5 Å². The van der Waals surface area contributed by atoms with Gasteiger partial charge in [-0.2, -0.15) is 0 Å². The minimum atomic E-state index is -0.206. The number of urea groups is 1. The summed E-state index contributed by atoms with van der Waals surface area (Å²) in [5, 5.41) is 14.9. The third kappa shape index (κ3) is 4.02. The molecule has 0 radical (unpaired) electrons. The number of aryl methyl sites for hydroxylation is 1. The van der Waals surface area contributed by atoms with E-state index in [9.17, 15) is 4.79 Å². The average molecular weight is 317 g/mol. The molecule has 1 aromatic carbocycles. The van der Waals surface area contributed by atoms with Gasteiger partial charge in [0.1, 0.15) is 5.01 Å². The summed E-state index contributed by atoms with van der Waals surface area (Å²) >= 11 is 1.37. The molecule has 2 N–H and O–H groups in total. The molecule has 7 heteroatoms. The van der Waals surface area contributed by atoms with E-state index in [0.29, 0.717) is 5.13 Å². The van der Waals surface area contributed by atoms with Gasteiger partial charge in [0, 0.05) is 25.7 Å². The van der Waals surface area contributed by atoms with Gasteiger partial charge in [0.15, 0.2) is 0 Å². The number of anilines is 1. The Labute approximate surface area is 133 Å². The standard InChI is InChI=1S/C15H19N5OS/c1-11-18-19-15(22-11)17-14(21)16-13-7-8-20(10-13)9-12-5-3-2-4-6-12/h2-6,13H,7-10H2,1H3,(H2,16,17,19,21)/t13-/m0/s1. The van der Waals surface area contributed by atoms with Gasteiger partial charge in [0.2, 0.25) is 5.13 Å². The highest BCUT2D eigenvalue weighted by atomic mass is 32.1. The minimum absolute atomic E-state index is 0.178. The van der Waals surface area contributed by atoms with Crippen LogP contribution in [-0.4, -0.2) is 40.3 Å². The van der Waals surface area contributed by atoms with Crippen molar-refractivity contribution < 1.29 is 4.79 Å². The van der Waals surface area contributed by atoms with Crippen LogP contribution in [0.4, 0.5) is 9.93 Å². The number of nitrogens with one attached hydrogen (secondary N) is 2. The van der Waals surface area contributed by atoms with Crippen molar-refractivity contribution in [2.45, 2.75) is 25.9 Å². The van der Waals surface area contributed by atoms with Gasteiger partial charge in [-0.25, -0.2) is 4.79 Å². The van der Waals surface area contributed by atoms with Crippen LogP contribution in [0, 0.1) is 6.92 Å². The van der Waals surface area contributed by atoms with Crippen LogP contribution >= 0.6 is 11.3 Å². The number of hydrogen-bond donors (Lipinski definition) is 2. The lowest BCUT2D eigenvalue weighted by Gasteiger charge is -2.16. The Hall–Kier alpha value is -1.99. The molecule has 1 aromatic heterocycles. The van der Waals surface area contributed by atoms with E-state index in [0.717, 1.165) is 31.1 Å². The number of nitrogens with zero attached hydrogens (tertiary/aromatic N) is 3. The number of likely N-dealkylation sites (tertiary alicyclic amines) is 1. The highest BCUT2D eigenvalue weighted by molar-refractivity contribution is 7.15. The topological polar surface area (TPSA) is 70.1 Å². The number of hydrogen-bond acceptors (Lipinski definition) is 5. The van der Waals surface area contributed by atoms with E-state index in [1.807, 2.05) is 13.0 Å². The van der Waals surface area contributed by atoms with Crippen LogP contribution in [-0.2, 0) is 6.54 Å². The fraction of sp³-hybridized carbons (Fsp3) is 0.400. The molecule has 1 atom stereocenters. The number of rotatable bonds is 4. The van der Waals surface area contributed by atoms with Crippen LogP contribution in [0.1, 0.15) is 17.0 Å². The molecule has 2 amide bonds. The Morgan fingerprint density at radius 3 is 2.91 bits per heavy atom. The fourth-order valence-corrected chi connectivity index (χ4v) is 3.19. The highest BCUT2D eigenvalue weighted by Gasteiger charge is 2.24. The maximum Gasteiger partial charge on any atom is 0.321 e. The van der Waals surface area contributed by atoms with Crippen molar-refractivity contribution in [2.24, 2.45) is 0 Å². The molecule has 1 aliphatic heterocycles. The molecular weight excluding hydrogens is 298 g/mol. The molecule has 116 valence electrons. The molecule has 2 aromatic rings. The van der Waals surface area contributed by atoms with Gasteiger partial charge < -0.3 is 5.32 Å². The Kier molecular flexibility index (Phi) is 4.65. The molecule has 1 aliphatic rings. The van der Waals surface area contributed by atoms with Crippen molar-refractivity contribution in [3.8, 4) is 0 Å². The van der Waals surface area contributed by atoms with Crippen LogP contribution in [0.25, 0.3) is 0 Å². The van der Waals surface area contributed by atoms with Crippen LogP contribution in [0.15, 0.2) is 30.3 Å². The quantitative estimate of drug-likeness (QED) is 0.907. The molecule has 0 aliphatic carbocycles. The summed E-state index contributed by atoms with van der Waals surface area (Å²) in [5.41, 5.74) is 1.30. The molecule has 0 saturated carbocycles. The summed E-state index contributed by atoms with van der Waals surface area (Å²) in [6, 6.07) is 10.4. The van der Waals surface area contributed by atoms with E-state index >= 15 is 0 Å². The molecule has 3 rings (SSSR count). The summed E-state index contributed by atoms with van der Waals surface area (Å²) in [5.74, 6) is 0. The normalized spacial score (nSPS) is 18.3. The summed E-state index contributed by atoms with van der Waals surface area (Å²) < 4.78 is 0. The first-order chi connectivity index (χ1) is 10.7. The number of carbonyl (C=O) groups is 1. The summed E-state index contributed by atoms with van der Waals surface area (Å²) in [4.78, 5) is 14.3. The first-order valence-corrected chi connectivity index (χ1v) is 8.14. The predicted molar refractivity (Wildman–Crippen MR) is 86.9 cm³/mol. The maximum absolute atomic E-state index is 11.9. The Balaban J connectivity index is 1.45. The second kappa shape index (κ2) is 6.85. The molecule has 1 saturated heterocycles. The smallest absolute Gasteiger partial charge is 0.321 e. The Bertz CT molecular complexity index is 630.